The molecule has 1 saturated heterocycles. The van der Waals surface area contributed by atoms with E-state index in [1.807, 2.05) is 14.0 Å². The third kappa shape index (κ3) is 3.57. The molecule has 1 aliphatic heterocycles. The van der Waals surface area contributed by atoms with Gasteiger partial charge in [0.1, 0.15) is 5.82 Å². The molecule has 0 radical (unpaired) electrons. The molecule has 1 aromatic rings. The van der Waals surface area contributed by atoms with Crippen molar-refractivity contribution in [3.8, 4) is 0 Å². The lowest BCUT2D eigenvalue weighted by Gasteiger charge is -2.37. The first kappa shape index (κ1) is 15.4. The van der Waals surface area contributed by atoms with E-state index in [-0.39, 0.29) is 11.1 Å². The predicted octanol–water partition coefficient (Wildman–Crippen LogP) is -0.504. The van der Waals surface area contributed by atoms with Crippen LogP contribution in [0.3, 0.4) is 0 Å². The van der Waals surface area contributed by atoms with Gasteiger partial charge in [-0.3, -0.25) is 4.90 Å². The van der Waals surface area contributed by atoms with Gasteiger partial charge in [0.15, 0.2) is 5.03 Å². The molecule has 2 rings (SSSR count). The van der Waals surface area contributed by atoms with Crippen LogP contribution in [0.15, 0.2) is 11.2 Å². The van der Waals surface area contributed by atoms with Gasteiger partial charge in [0.25, 0.3) is 10.0 Å². The fraction of sp³-hybridized carbons (Fsp3) is 0.750. The van der Waals surface area contributed by atoms with E-state index in [4.69, 9.17) is 0 Å². The second kappa shape index (κ2) is 6.21. The molecule has 1 unspecified atom stereocenters. The van der Waals surface area contributed by atoms with Crippen LogP contribution in [0.5, 0.6) is 0 Å². The number of hydrogen-bond donors (Lipinski definition) is 2. The monoisotopic (exact) mass is 301 g/mol. The van der Waals surface area contributed by atoms with Gasteiger partial charge in [0.05, 0.1) is 6.20 Å². The van der Waals surface area contributed by atoms with Crippen molar-refractivity contribution in [3.05, 3.63) is 12.0 Å². The molecule has 0 spiro atoms. The number of imidazole rings is 1. The molecule has 2 heterocycles. The van der Waals surface area contributed by atoms with Crippen molar-refractivity contribution in [3.63, 3.8) is 0 Å². The second-order valence-corrected chi connectivity index (χ2v) is 7.03. The summed E-state index contributed by atoms with van der Waals surface area (Å²) < 4.78 is 27.0. The van der Waals surface area contributed by atoms with E-state index < -0.39 is 10.0 Å². The summed E-state index contributed by atoms with van der Waals surface area (Å²) in [6.07, 6.45) is 2.06. The van der Waals surface area contributed by atoms with Crippen LogP contribution in [-0.2, 0) is 16.4 Å². The molecular weight excluding hydrogens is 278 g/mol. The summed E-state index contributed by atoms with van der Waals surface area (Å²) in [4.78, 5) is 11.3. The number of piperazine rings is 1. The summed E-state index contributed by atoms with van der Waals surface area (Å²) in [5.41, 5.74) is 0. The Morgan fingerprint density at radius 2 is 2.20 bits per heavy atom. The lowest BCUT2D eigenvalue weighted by Crippen LogP contribution is -2.54. The third-order valence-electron chi connectivity index (χ3n) is 3.72. The smallest absolute Gasteiger partial charge is 0.257 e. The zero-order valence-electron chi connectivity index (χ0n) is 12.3. The molecule has 0 aromatic carbocycles. The Labute approximate surface area is 120 Å². The number of nitrogens with one attached hydrogen (secondary N) is 2. The number of hydrogen-bond acceptors (Lipinski definition) is 5. The van der Waals surface area contributed by atoms with Crippen LogP contribution in [0.1, 0.15) is 12.7 Å². The van der Waals surface area contributed by atoms with Gasteiger partial charge >= 0.3 is 0 Å². The predicted molar refractivity (Wildman–Crippen MR) is 77.1 cm³/mol. The topological polar surface area (TPSA) is 81.3 Å². The maximum absolute atomic E-state index is 12.2. The molecule has 0 bridgehead atoms. The normalized spacial score (nSPS) is 22.2. The molecule has 0 aliphatic carbocycles. The Kier molecular flexibility index (Phi) is 4.79. The molecule has 8 heteroatoms. The van der Waals surface area contributed by atoms with Crippen LogP contribution >= 0.6 is 0 Å². The van der Waals surface area contributed by atoms with E-state index in [0.29, 0.717) is 18.8 Å². The number of sulfonamides is 1. The van der Waals surface area contributed by atoms with Crippen LogP contribution in [0.2, 0.25) is 0 Å². The van der Waals surface area contributed by atoms with Crippen LogP contribution in [0.25, 0.3) is 0 Å². The van der Waals surface area contributed by atoms with Gasteiger partial charge in [0, 0.05) is 38.6 Å². The van der Waals surface area contributed by atoms with E-state index in [1.54, 1.807) is 0 Å². The summed E-state index contributed by atoms with van der Waals surface area (Å²) in [5.74, 6) is 0.680. The summed E-state index contributed by atoms with van der Waals surface area (Å²) in [7, 11) is 0.575. The molecule has 114 valence electrons. The lowest BCUT2D eigenvalue weighted by molar-refractivity contribution is 0.117. The Bertz CT molecular complexity index is 542. The highest BCUT2D eigenvalue weighted by Gasteiger charge is 2.25. The molecule has 20 heavy (non-hydrogen) atoms. The van der Waals surface area contributed by atoms with Gasteiger partial charge < -0.3 is 9.88 Å². The highest BCUT2D eigenvalue weighted by Crippen LogP contribution is 2.08. The average Bonchev–Trinajstić information content (AvgIpc) is 2.89. The van der Waals surface area contributed by atoms with Crippen molar-refractivity contribution in [1.29, 1.82) is 0 Å². The minimum Gasteiger partial charge on any atom is -0.332 e. The minimum absolute atomic E-state index is 0.140. The minimum atomic E-state index is -3.50. The molecular formula is C12H23N5O2S. The average molecular weight is 301 g/mol. The largest absolute Gasteiger partial charge is 0.332 e. The zero-order valence-corrected chi connectivity index (χ0v) is 13.1. The standard InChI is InChI=1S/C12H23N5O2S/c1-4-11-13-8-12(15-11)20(18,19)14-7-10-9-16(2)5-6-17(10)3/h8,10,14H,4-7,9H2,1-3H3,(H,13,15). The molecule has 1 atom stereocenters. The number of aromatic amines is 1. The second-order valence-electron chi connectivity index (χ2n) is 5.30. The van der Waals surface area contributed by atoms with E-state index in [0.717, 1.165) is 19.6 Å². The fourth-order valence-electron chi connectivity index (χ4n) is 2.27. The SMILES string of the molecule is CCc1ncc(S(=O)(=O)NCC2CN(C)CCN2C)[nH]1. The Morgan fingerprint density at radius 1 is 1.45 bits per heavy atom. The quantitative estimate of drug-likeness (QED) is 0.766. The number of aromatic nitrogens is 2. The van der Waals surface area contributed by atoms with E-state index >= 15 is 0 Å². The van der Waals surface area contributed by atoms with Crippen molar-refractivity contribution in [2.24, 2.45) is 0 Å². The number of rotatable bonds is 5. The van der Waals surface area contributed by atoms with E-state index in [9.17, 15) is 8.42 Å². The molecule has 1 fully saturated rings. The molecule has 1 aliphatic rings. The van der Waals surface area contributed by atoms with Gasteiger partial charge in [0.2, 0.25) is 0 Å². The third-order valence-corrected chi connectivity index (χ3v) is 5.05. The van der Waals surface area contributed by atoms with Crippen LogP contribution in [0, 0.1) is 0 Å². The van der Waals surface area contributed by atoms with Crippen molar-refractivity contribution < 1.29 is 8.42 Å². The number of nitrogens with zero attached hydrogens (tertiary/aromatic N) is 3. The van der Waals surface area contributed by atoms with Crippen LogP contribution in [-0.4, -0.2) is 74.5 Å². The van der Waals surface area contributed by atoms with Gasteiger partial charge in [-0.2, -0.15) is 0 Å². The van der Waals surface area contributed by atoms with E-state index in [1.165, 1.54) is 6.20 Å². The number of likely N-dealkylation sites (N-methyl/N-ethyl adjacent to an activating group) is 2. The lowest BCUT2D eigenvalue weighted by atomic mass is 10.2. The van der Waals surface area contributed by atoms with Gasteiger partial charge in [-0.1, -0.05) is 6.92 Å². The summed E-state index contributed by atoms with van der Waals surface area (Å²) in [6.45, 7) is 5.16. The van der Waals surface area contributed by atoms with Gasteiger partial charge in [-0.15, -0.1) is 0 Å². The highest BCUT2D eigenvalue weighted by molar-refractivity contribution is 7.89. The van der Waals surface area contributed by atoms with E-state index in [2.05, 4.69) is 31.5 Å². The first-order valence-corrected chi connectivity index (χ1v) is 8.33. The maximum atomic E-state index is 12.2. The molecule has 0 saturated carbocycles. The zero-order chi connectivity index (χ0) is 14.8. The molecule has 1 aromatic heterocycles. The Morgan fingerprint density at radius 3 is 2.85 bits per heavy atom. The summed E-state index contributed by atoms with van der Waals surface area (Å²) >= 11 is 0. The van der Waals surface area contributed by atoms with Crippen LogP contribution < -0.4 is 4.72 Å². The Balaban J connectivity index is 1.98. The van der Waals surface area contributed by atoms with Crippen molar-refractivity contribution in [1.82, 2.24) is 24.5 Å². The molecule has 0 amide bonds. The fourth-order valence-corrected chi connectivity index (χ4v) is 3.28. The Hall–Kier alpha value is -0.960. The van der Waals surface area contributed by atoms with Gasteiger partial charge in [-0.25, -0.2) is 18.1 Å². The number of aryl methyl sites for hydroxylation is 1. The van der Waals surface area contributed by atoms with Gasteiger partial charge in [-0.05, 0) is 14.1 Å². The summed E-state index contributed by atoms with van der Waals surface area (Å²) in [6, 6.07) is 0.192. The first-order chi connectivity index (χ1) is 9.42. The van der Waals surface area contributed by atoms with Crippen molar-refractivity contribution in [2.75, 3.05) is 40.3 Å². The van der Waals surface area contributed by atoms with Crippen LogP contribution in [0.4, 0.5) is 0 Å². The highest BCUT2D eigenvalue weighted by atomic mass is 32.2. The van der Waals surface area contributed by atoms with Crippen molar-refractivity contribution >= 4 is 10.0 Å². The number of H-pyrrole nitrogens is 1. The molecule has 2 N–H and O–H groups in total. The van der Waals surface area contributed by atoms with Crippen molar-refractivity contribution in [2.45, 2.75) is 24.4 Å². The first-order valence-electron chi connectivity index (χ1n) is 6.84. The maximum Gasteiger partial charge on any atom is 0.257 e. The summed E-state index contributed by atoms with van der Waals surface area (Å²) in [5, 5.41) is 0.140. The molecule has 7 nitrogen and oxygen atoms in total.